The Morgan fingerprint density at radius 2 is 2.09 bits per heavy atom. The molecule has 0 bridgehead atoms. The number of hydrogen-bond donors (Lipinski definition) is 2. The SMILES string of the molecule is Cc1cc(-c2nc3ccc(OCCNC(C)C(=O)O)cc3n2CC2CCOCC2)cn(C)c1=O. The summed E-state index contributed by atoms with van der Waals surface area (Å²) < 4.78 is 15.3. The topological polar surface area (TPSA) is 108 Å². The molecule has 1 aromatic carbocycles. The van der Waals surface area contributed by atoms with Crippen LogP contribution >= 0.6 is 0 Å². The van der Waals surface area contributed by atoms with Crippen molar-refractivity contribution in [3.8, 4) is 17.1 Å². The third-order valence-corrected chi connectivity index (χ3v) is 6.31. The number of carboxylic acids is 1. The molecule has 1 fully saturated rings. The van der Waals surface area contributed by atoms with E-state index in [0.717, 1.165) is 55.0 Å². The Balaban J connectivity index is 1.65. The van der Waals surface area contributed by atoms with Gasteiger partial charge in [-0.25, -0.2) is 4.98 Å². The van der Waals surface area contributed by atoms with Gasteiger partial charge in [0.05, 0.1) is 11.0 Å². The van der Waals surface area contributed by atoms with E-state index in [2.05, 4.69) is 9.88 Å². The van der Waals surface area contributed by atoms with Gasteiger partial charge in [-0.2, -0.15) is 0 Å². The van der Waals surface area contributed by atoms with Gasteiger partial charge >= 0.3 is 5.97 Å². The molecule has 0 saturated carbocycles. The van der Waals surface area contributed by atoms with E-state index in [1.165, 1.54) is 0 Å². The molecule has 3 heterocycles. The fraction of sp³-hybridized carbons (Fsp3) is 0.480. The van der Waals surface area contributed by atoms with Crippen molar-refractivity contribution in [2.45, 2.75) is 39.3 Å². The number of imidazole rings is 1. The minimum absolute atomic E-state index is 0.0163. The molecule has 1 saturated heterocycles. The predicted octanol–water partition coefficient (Wildman–Crippen LogP) is 2.58. The van der Waals surface area contributed by atoms with Gasteiger partial charge < -0.3 is 29.0 Å². The minimum Gasteiger partial charge on any atom is -0.492 e. The summed E-state index contributed by atoms with van der Waals surface area (Å²) in [4.78, 5) is 28.1. The van der Waals surface area contributed by atoms with Gasteiger partial charge in [-0.05, 0) is 50.8 Å². The summed E-state index contributed by atoms with van der Waals surface area (Å²) in [5.41, 5.74) is 3.39. The molecule has 2 N–H and O–H groups in total. The number of ether oxygens (including phenoxy) is 2. The van der Waals surface area contributed by atoms with Gasteiger partial charge in [-0.15, -0.1) is 0 Å². The highest BCUT2D eigenvalue weighted by Crippen LogP contribution is 2.30. The molecule has 1 unspecified atom stereocenters. The Bertz CT molecular complexity index is 1200. The van der Waals surface area contributed by atoms with Gasteiger partial charge in [0.25, 0.3) is 5.56 Å². The molecule has 1 aliphatic heterocycles. The molecule has 2 aromatic heterocycles. The molecule has 0 aliphatic carbocycles. The number of hydrogen-bond acceptors (Lipinski definition) is 6. The highest BCUT2D eigenvalue weighted by Gasteiger charge is 2.20. The third-order valence-electron chi connectivity index (χ3n) is 6.31. The molecular formula is C25H32N4O5. The number of carbonyl (C=O) groups is 1. The maximum absolute atomic E-state index is 12.2. The van der Waals surface area contributed by atoms with E-state index in [0.29, 0.717) is 30.4 Å². The summed E-state index contributed by atoms with van der Waals surface area (Å²) in [6, 6.07) is 7.08. The fourth-order valence-corrected chi connectivity index (χ4v) is 4.32. The lowest BCUT2D eigenvalue weighted by Gasteiger charge is -2.23. The maximum atomic E-state index is 12.2. The van der Waals surface area contributed by atoms with Gasteiger partial charge in [0.2, 0.25) is 0 Å². The molecule has 182 valence electrons. The van der Waals surface area contributed by atoms with Crippen molar-refractivity contribution in [1.29, 1.82) is 0 Å². The van der Waals surface area contributed by atoms with Crippen molar-refractivity contribution in [2.24, 2.45) is 13.0 Å². The van der Waals surface area contributed by atoms with Crippen LogP contribution in [0.2, 0.25) is 0 Å². The quantitative estimate of drug-likeness (QED) is 0.465. The van der Waals surface area contributed by atoms with Gasteiger partial charge in [0.1, 0.15) is 24.2 Å². The normalized spacial score (nSPS) is 15.5. The zero-order valence-electron chi connectivity index (χ0n) is 19.9. The summed E-state index contributed by atoms with van der Waals surface area (Å²) in [5.74, 6) is 1.12. The molecule has 0 amide bonds. The first-order chi connectivity index (χ1) is 16.3. The summed E-state index contributed by atoms with van der Waals surface area (Å²) in [7, 11) is 1.76. The minimum atomic E-state index is -0.889. The second kappa shape index (κ2) is 10.4. The first-order valence-electron chi connectivity index (χ1n) is 11.7. The van der Waals surface area contributed by atoms with Crippen molar-refractivity contribution in [3.63, 3.8) is 0 Å². The summed E-state index contributed by atoms with van der Waals surface area (Å²) in [6.45, 7) is 6.54. The van der Waals surface area contributed by atoms with Crippen LogP contribution in [0.4, 0.5) is 0 Å². The Kier molecular flexibility index (Phi) is 7.33. The van der Waals surface area contributed by atoms with E-state index in [1.54, 1.807) is 18.5 Å². The van der Waals surface area contributed by atoms with E-state index in [1.807, 2.05) is 37.4 Å². The van der Waals surface area contributed by atoms with Crippen molar-refractivity contribution < 1.29 is 19.4 Å². The van der Waals surface area contributed by atoms with E-state index in [4.69, 9.17) is 19.6 Å². The van der Waals surface area contributed by atoms with Crippen LogP contribution < -0.4 is 15.6 Å². The van der Waals surface area contributed by atoms with Crippen LogP contribution in [0.1, 0.15) is 25.3 Å². The molecule has 9 heteroatoms. The second-order valence-electron chi connectivity index (χ2n) is 8.94. The van der Waals surface area contributed by atoms with Gasteiger partial charge in [0, 0.05) is 56.7 Å². The Hall–Kier alpha value is -3.17. The lowest BCUT2D eigenvalue weighted by molar-refractivity contribution is -0.139. The van der Waals surface area contributed by atoms with E-state index in [-0.39, 0.29) is 5.56 Å². The zero-order chi connectivity index (χ0) is 24.2. The number of aromatic nitrogens is 3. The lowest BCUT2D eigenvalue weighted by Crippen LogP contribution is -2.36. The molecule has 0 radical (unpaired) electrons. The lowest BCUT2D eigenvalue weighted by atomic mass is 10.00. The first kappa shape index (κ1) is 24.0. The molecule has 1 atom stereocenters. The number of nitrogens with zero attached hydrogens (tertiary/aromatic N) is 3. The van der Waals surface area contributed by atoms with Crippen LogP contribution in [0.3, 0.4) is 0 Å². The first-order valence-corrected chi connectivity index (χ1v) is 11.7. The number of carboxylic acid groups (broad SMARTS) is 1. The number of aryl methyl sites for hydroxylation is 2. The maximum Gasteiger partial charge on any atom is 0.320 e. The number of pyridine rings is 1. The highest BCUT2D eigenvalue weighted by atomic mass is 16.5. The average Bonchev–Trinajstić information content (AvgIpc) is 3.18. The second-order valence-corrected chi connectivity index (χ2v) is 8.94. The Labute approximate surface area is 198 Å². The van der Waals surface area contributed by atoms with Crippen LogP contribution in [0.15, 0.2) is 35.3 Å². The van der Waals surface area contributed by atoms with E-state index >= 15 is 0 Å². The smallest absolute Gasteiger partial charge is 0.320 e. The molecule has 0 spiro atoms. The molecule has 4 rings (SSSR count). The van der Waals surface area contributed by atoms with Crippen LogP contribution in [0.25, 0.3) is 22.4 Å². The van der Waals surface area contributed by atoms with Crippen LogP contribution in [0, 0.1) is 12.8 Å². The summed E-state index contributed by atoms with van der Waals surface area (Å²) in [6.07, 6.45) is 3.83. The van der Waals surface area contributed by atoms with Crippen molar-refractivity contribution in [1.82, 2.24) is 19.4 Å². The van der Waals surface area contributed by atoms with Crippen molar-refractivity contribution >= 4 is 17.0 Å². The van der Waals surface area contributed by atoms with Crippen molar-refractivity contribution in [3.05, 3.63) is 46.4 Å². The number of benzene rings is 1. The van der Waals surface area contributed by atoms with Crippen LogP contribution in [-0.4, -0.2) is 57.6 Å². The summed E-state index contributed by atoms with van der Waals surface area (Å²) in [5, 5.41) is 11.9. The largest absolute Gasteiger partial charge is 0.492 e. The van der Waals surface area contributed by atoms with E-state index < -0.39 is 12.0 Å². The molecule has 1 aliphatic rings. The Morgan fingerprint density at radius 1 is 1.32 bits per heavy atom. The van der Waals surface area contributed by atoms with Gasteiger partial charge in [0.15, 0.2) is 0 Å². The van der Waals surface area contributed by atoms with Crippen LogP contribution in [-0.2, 0) is 23.1 Å². The van der Waals surface area contributed by atoms with Gasteiger partial charge in [-0.3, -0.25) is 9.59 Å². The average molecular weight is 469 g/mol. The molecule has 34 heavy (non-hydrogen) atoms. The predicted molar refractivity (Wildman–Crippen MR) is 129 cm³/mol. The van der Waals surface area contributed by atoms with E-state index in [9.17, 15) is 9.59 Å². The summed E-state index contributed by atoms with van der Waals surface area (Å²) >= 11 is 0. The fourth-order valence-electron chi connectivity index (χ4n) is 4.32. The number of fused-ring (bicyclic) bond motifs is 1. The van der Waals surface area contributed by atoms with Crippen LogP contribution in [0.5, 0.6) is 5.75 Å². The number of nitrogens with one attached hydrogen (secondary N) is 1. The standard InChI is InChI=1S/C25H32N4O5/c1-16-12-19(15-28(3)24(16)30)23-27-21-5-4-20(34-11-8-26-17(2)25(31)32)13-22(21)29(23)14-18-6-9-33-10-7-18/h4-5,12-13,15,17-18,26H,6-11,14H2,1-3H3,(H,31,32). The Morgan fingerprint density at radius 3 is 2.79 bits per heavy atom. The molecular weight excluding hydrogens is 436 g/mol. The zero-order valence-corrected chi connectivity index (χ0v) is 19.9. The monoisotopic (exact) mass is 468 g/mol. The third kappa shape index (κ3) is 5.31. The number of aliphatic carboxylic acids is 1. The number of rotatable bonds is 9. The molecule has 3 aromatic rings. The van der Waals surface area contributed by atoms with Crippen molar-refractivity contribution in [2.75, 3.05) is 26.4 Å². The van der Waals surface area contributed by atoms with Gasteiger partial charge in [-0.1, -0.05) is 0 Å². The molecule has 9 nitrogen and oxygen atoms in total. The highest BCUT2D eigenvalue weighted by molar-refractivity contribution is 5.82.